The van der Waals surface area contributed by atoms with Gasteiger partial charge in [-0.15, -0.1) is 0 Å². The maximum absolute atomic E-state index is 12.8. The van der Waals surface area contributed by atoms with Gasteiger partial charge in [-0.25, -0.2) is 9.59 Å². The summed E-state index contributed by atoms with van der Waals surface area (Å²) in [5.41, 5.74) is 1.47. The highest BCUT2D eigenvalue weighted by molar-refractivity contribution is 5.92. The number of benzene rings is 3. The van der Waals surface area contributed by atoms with Crippen LogP contribution in [0.3, 0.4) is 0 Å². The molecule has 4 fully saturated rings. The lowest BCUT2D eigenvalue weighted by Crippen LogP contribution is -2.18. The molecule has 6 atom stereocenters. The van der Waals surface area contributed by atoms with E-state index in [-0.39, 0.29) is 0 Å². The van der Waals surface area contributed by atoms with E-state index in [9.17, 15) is 9.59 Å². The minimum atomic E-state index is -0.489. The van der Waals surface area contributed by atoms with Gasteiger partial charge < -0.3 is 37.9 Å². The Labute approximate surface area is 312 Å². The highest BCUT2D eigenvalue weighted by Crippen LogP contribution is 2.40. The number of carbonyl (C=O) groups excluding carboxylic acids is 2. The number of aryl methyl sites for hydroxylation is 1. The van der Waals surface area contributed by atoms with Gasteiger partial charge in [-0.2, -0.15) is 0 Å². The monoisotopic (exact) mass is 728 g/mol. The summed E-state index contributed by atoms with van der Waals surface area (Å²) in [5.74, 6) is 2.42. The molecule has 2 saturated carbocycles. The SMILES string of the molecule is Cc1cc(OC(=O)c2ccc(OCCCCOCC3CCC4OC4C3)cc2)ccc1OC(=O)c1ccc(OCCCCOCC2CCC3OC3C2)cc1. The van der Waals surface area contributed by atoms with E-state index in [1.54, 1.807) is 73.7 Å². The number of unbranched alkanes of at least 4 members (excludes halogenated alkanes) is 2. The Bertz CT molecular complexity index is 1640. The first-order chi connectivity index (χ1) is 26.0. The average Bonchev–Trinajstić information content (AvgIpc) is 4.11. The third-order valence-electron chi connectivity index (χ3n) is 10.6. The highest BCUT2D eigenvalue weighted by atomic mass is 16.6. The van der Waals surface area contributed by atoms with E-state index >= 15 is 0 Å². The van der Waals surface area contributed by atoms with E-state index in [4.69, 9.17) is 37.9 Å². The number of esters is 2. The van der Waals surface area contributed by atoms with E-state index in [2.05, 4.69) is 0 Å². The van der Waals surface area contributed by atoms with Gasteiger partial charge in [0.15, 0.2) is 0 Å². The lowest BCUT2D eigenvalue weighted by molar-refractivity contribution is 0.0718. The van der Waals surface area contributed by atoms with Gasteiger partial charge in [0.25, 0.3) is 0 Å². The van der Waals surface area contributed by atoms with Crippen LogP contribution in [0.2, 0.25) is 0 Å². The summed E-state index contributed by atoms with van der Waals surface area (Å²) in [6.07, 6.45) is 12.8. The second-order valence-electron chi connectivity index (χ2n) is 14.8. The molecule has 0 N–H and O–H groups in total. The molecular formula is C43H52O10. The fraction of sp³-hybridized carbons (Fsp3) is 0.535. The van der Waals surface area contributed by atoms with E-state index < -0.39 is 11.9 Å². The third-order valence-corrected chi connectivity index (χ3v) is 10.6. The third kappa shape index (κ3) is 11.3. The zero-order valence-corrected chi connectivity index (χ0v) is 30.7. The molecule has 3 aromatic rings. The Hall–Kier alpha value is -3.96. The highest BCUT2D eigenvalue weighted by Gasteiger charge is 2.44. The lowest BCUT2D eigenvalue weighted by Gasteiger charge is -2.18. The molecule has 4 aliphatic rings. The van der Waals surface area contributed by atoms with Gasteiger partial charge in [-0.1, -0.05) is 0 Å². The van der Waals surface area contributed by atoms with Crippen LogP contribution >= 0.6 is 0 Å². The van der Waals surface area contributed by atoms with Crippen molar-refractivity contribution in [2.24, 2.45) is 11.8 Å². The zero-order valence-electron chi connectivity index (χ0n) is 30.7. The van der Waals surface area contributed by atoms with Crippen LogP contribution < -0.4 is 18.9 Å². The fourth-order valence-electron chi connectivity index (χ4n) is 7.27. The van der Waals surface area contributed by atoms with Crippen molar-refractivity contribution in [2.45, 2.75) is 95.5 Å². The number of epoxide rings is 2. The van der Waals surface area contributed by atoms with Crippen molar-refractivity contribution in [1.29, 1.82) is 0 Å². The topological polar surface area (TPSA) is 115 Å². The summed E-state index contributed by atoms with van der Waals surface area (Å²) in [5, 5.41) is 0. The van der Waals surface area contributed by atoms with Gasteiger partial charge in [0, 0.05) is 26.4 Å². The molecule has 10 nitrogen and oxygen atoms in total. The van der Waals surface area contributed by atoms with Gasteiger partial charge in [-0.05, 0) is 155 Å². The van der Waals surface area contributed by atoms with Gasteiger partial charge in [0.2, 0.25) is 0 Å². The van der Waals surface area contributed by atoms with Crippen molar-refractivity contribution in [3.63, 3.8) is 0 Å². The molecule has 0 aromatic heterocycles. The minimum absolute atomic E-state index is 0.354. The van der Waals surface area contributed by atoms with Crippen molar-refractivity contribution in [3.05, 3.63) is 83.4 Å². The summed E-state index contributed by atoms with van der Waals surface area (Å²) in [4.78, 5) is 25.7. The van der Waals surface area contributed by atoms with E-state index in [0.29, 0.717) is 89.2 Å². The normalized spacial score (nSPS) is 24.0. The summed E-state index contributed by atoms with van der Waals surface area (Å²) in [6.45, 7) is 6.08. The standard InChI is InChI=1S/C43H52O10/c1-29-24-36(50-42(44)32-8-12-34(13-9-32)48-22-4-2-20-46-27-30-6-17-38-40(25-30)51-38)16-19-37(29)53-43(45)33-10-14-35(15-11-33)49-23-5-3-21-47-28-31-7-18-39-41(26-31)52-39/h8-16,19,24,30-31,38-41H,2-7,17-18,20-23,25-28H2,1H3. The molecule has 284 valence electrons. The Morgan fingerprint density at radius 2 is 1.04 bits per heavy atom. The Balaban J connectivity index is 0.752. The maximum atomic E-state index is 12.8. The maximum Gasteiger partial charge on any atom is 0.343 e. The van der Waals surface area contributed by atoms with Crippen molar-refractivity contribution in [3.8, 4) is 23.0 Å². The first kappa shape index (κ1) is 37.4. The average molecular weight is 729 g/mol. The second-order valence-corrected chi connectivity index (χ2v) is 14.8. The summed E-state index contributed by atoms with van der Waals surface area (Å²) in [6, 6.07) is 18.7. The molecule has 2 heterocycles. The number of ether oxygens (including phenoxy) is 8. The molecule has 0 amide bonds. The Morgan fingerprint density at radius 3 is 1.53 bits per heavy atom. The van der Waals surface area contributed by atoms with Crippen LogP contribution in [0.25, 0.3) is 0 Å². The summed E-state index contributed by atoms with van der Waals surface area (Å²) < 4.78 is 45.9. The molecule has 7 rings (SSSR count). The molecule has 2 aliphatic carbocycles. The molecule has 3 aromatic carbocycles. The first-order valence-corrected chi connectivity index (χ1v) is 19.4. The number of hydrogen-bond acceptors (Lipinski definition) is 10. The molecular weight excluding hydrogens is 676 g/mol. The van der Waals surface area contributed by atoms with E-state index in [1.165, 1.54) is 25.7 Å². The van der Waals surface area contributed by atoms with Crippen LogP contribution in [0, 0.1) is 18.8 Å². The molecule has 53 heavy (non-hydrogen) atoms. The fourth-order valence-corrected chi connectivity index (χ4v) is 7.27. The zero-order chi connectivity index (χ0) is 36.4. The lowest BCUT2D eigenvalue weighted by atomic mass is 9.90. The largest absolute Gasteiger partial charge is 0.494 e. The van der Waals surface area contributed by atoms with Gasteiger partial charge in [0.05, 0.1) is 48.8 Å². The van der Waals surface area contributed by atoms with E-state index in [0.717, 1.165) is 65.0 Å². The number of carbonyl (C=O) groups is 2. The number of hydrogen-bond donors (Lipinski definition) is 0. The van der Waals surface area contributed by atoms with Crippen LogP contribution in [0.4, 0.5) is 0 Å². The van der Waals surface area contributed by atoms with Gasteiger partial charge in [-0.3, -0.25) is 0 Å². The van der Waals surface area contributed by atoms with Crippen LogP contribution in [0.15, 0.2) is 66.7 Å². The van der Waals surface area contributed by atoms with Gasteiger partial charge in [0.1, 0.15) is 23.0 Å². The van der Waals surface area contributed by atoms with Gasteiger partial charge >= 0.3 is 11.9 Å². The minimum Gasteiger partial charge on any atom is -0.494 e. The predicted molar refractivity (Wildman–Crippen MR) is 197 cm³/mol. The molecule has 0 bridgehead atoms. The summed E-state index contributed by atoms with van der Waals surface area (Å²) >= 11 is 0. The smallest absolute Gasteiger partial charge is 0.343 e. The predicted octanol–water partition coefficient (Wildman–Crippen LogP) is 7.92. The molecule has 10 heteroatoms. The quantitative estimate of drug-likeness (QED) is 0.0492. The molecule has 0 spiro atoms. The van der Waals surface area contributed by atoms with Crippen molar-refractivity contribution < 1.29 is 47.5 Å². The Kier molecular flexibility index (Phi) is 13.0. The molecule has 0 radical (unpaired) electrons. The number of rotatable bonds is 20. The van der Waals surface area contributed by atoms with Crippen LogP contribution in [0.5, 0.6) is 23.0 Å². The molecule has 2 aliphatic heterocycles. The molecule has 2 saturated heterocycles. The van der Waals surface area contributed by atoms with Crippen molar-refractivity contribution in [2.75, 3.05) is 39.6 Å². The first-order valence-electron chi connectivity index (χ1n) is 19.4. The number of fused-ring (bicyclic) bond motifs is 2. The van der Waals surface area contributed by atoms with Crippen molar-refractivity contribution >= 4 is 11.9 Å². The second kappa shape index (κ2) is 18.4. The van der Waals surface area contributed by atoms with Crippen LogP contribution in [-0.4, -0.2) is 76.0 Å². The molecule has 6 unspecified atom stereocenters. The van der Waals surface area contributed by atoms with Crippen molar-refractivity contribution in [1.82, 2.24) is 0 Å². The van der Waals surface area contributed by atoms with Crippen LogP contribution in [0.1, 0.15) is 90.5 Å². The summed E-state index contributed by atoms with van der Waals surface area (Å²) in [7, 11) is 0. The van der Waals surface area contributed by atoms with Crippen LogP contribution in [-0.2, 0) is 18.9 Å². The Morgan fingerprint density at radius 1 is 0.566 bits per heavy atom. The van der Waals surface area contributed by atoms with E-state index in [1.807, 2.05) is 0 Å².